The largest absolute Gasteiger partial charge is 0.496 e. The molecule has 104 valence electrons. The van der Waals surface area contributed by atoms with Crippen LogP contribution in [0.1, 0.15) is 19.8 Å². The third-order valence-electron chi connectivity index (χ3n) is 2.93. The van der Waals surface area contributed by atoms with E-state index in [1.54, 1.807) is 0 Å². The molecule has 1 aromatic carbocycles. The van der Waals surface area contributed by atoms with Crippen molar-refractivity contribution in [2.45, 2.75) is 30.7 Å². The molecule has 0 spiro atoms. The topological polar surface area (TPSA) is 21.3 Å². The van der Waals surface area contributed by atoms with Crippen molar-refractivity contribution < 1.29 is 4.74 Å². The number of nitrogens with one attached hydrogen (secondary N) is 1. The zero-order chi connectivity index (χ0) is 13.5. The van der Waals surface area contributed by atoms with Gasteiger partial charge in [0.15, 0.2) is 0 Å². The highest BCUT2D eigenvalue weighted by Crippen LogP contribution is 2.25. The Morgan fingerprint density at radius 2 is 2.37 bits per heavy atom. The molecule has 0 aliphatic carbocycles. The van der Waals surface area contributed by atoms with E-state index in [1.165, 1.54) is 4.90 Å². The van der Waals surface area contributed by atoms with Crippen LogP contribution in [0, 0.1) is 0 Å². The zero-order valence-electron chi connectivity index (χ0n) is 11.2. The van der Waals surface area contributed by atoms with Crippen LogP contribution in [0.5, 0.6) is 0 Å². The molecule has 1 aliphatic heterocycles. The summed E-state index contributed by atoms with van der Waals surface area (Å²) in [7, 11) is 0. The first-order chi connectivity index (χ1) is 9.29. The molecule has 1 aromatic rings. The van der Waals surface area contributed by atoms with Gasteiger partial charge in [0, 0.05) is 22.1 Å². The second-order valence-electron chi connectivity index (χ2n) is 4.52. The predicted octanol–water partition coefficient (Wildman–Crippen LogP) is 4.10. The Bertz CT molecular complexity index is 436. The quantitative estimate of drug-likeness (QED) is 0.766. The molecule has 0 bridgehead atoms. The van der Waals surface area contributed by atoms with Gasteiger partial charge in [0.2, 0.25) is 0 Å². The van der Waals surface area contributed by atoms with Crippen molar-refractivity contribution in [2.75, 3.05) is 18.9 Å². The standard InChI is InChI=1S/C15H20ClNOS/c1-2-8-17-14(15-7-4-9-18-15)11-19-13-6-3-5-12(16)10-13/h3,5-7,10,14,17H,2,4,8-9,11H2,1H3. The molecule has 1 atom stereocenters. The lowest BCUT2D eigenvalue weighted by Gasteiger charge is -2.19. The summed E-state index contributed by atoms with van der Waals surface area (Å²) in [6.07, 6.45) is 4.36. The number of hydrogen-bond donors (Lipinski definition) is 1. The van der Waals surface area contributed by atoms with Gasteiger partial charge in [0.05, 0.1) is 12.6 Å². The first kappa shape index (κ1) is 14.8. The van der Waals surface area contributed by atoms with E-state index in [-0.39, 0.29) is 0 Å². The van der Waals surface area contributed by atoms with Crippen LogP contribution in [-0.2, 0) is 4.74 Å². The third kappa shape index (κ3) is 4.75. The molecule has 0 radical (unpaired) electrons. The van der Waals surface area contributed by atoms with Crippen molar-refractivity contribution in [3.8, 4) is 0 Å². The fraction of sp³-hybridized carbons (Fsp3) is 0.467. The number of halogens is 1. The molecule has 4 heteroatoms. The van der Waals surface area contributed by atoms with Gasteiger partial charge in [-0.15, -0.1) is 11.8 Å². The number of hydrogen-bond acceptors (Lipinski definition) is 3. The van der Waals surface area contributed by atoms with E-state index in [2.05, 4.69) is 24.4 Å². The van der Waals surface area contributed by atoms with Gasteiger partial charge >= 0.3 is 0 Å². The van der Waals surface area contributed by atoms with Gasteiger partial charge in [-0.2, -0.15) is 0 Å². The Hall–Kier alpha value is -0.640. The van der Waals surface area contributed by atoms with Crippen LogP contribution in [-0.4, -0.2) is 24.9 Å². The molecule has 1 unspecified atom stereocenters. The van der Waals surface area contributed by atoms with Gasteiger partial charge in [0.25, 0.3) is 0 Å². The summed E-state index contributed by atoms with van der Waals surface area (Å²) in [4.78, 5) is 1.20. The van der Waals surface area contributed by atoms with E-state index < -0.39 is 0 Å². The van der Waals surface area contributed by atoms with Crippen molar-refractivity contribution in [3.63, 3.8) is 0 Å². The SMILES string of the molecule is CCCNC(CSc1cccc(Cl)c1)C1=CCCO1. The molecule has 2 rings (SSSR count). The Morgan fingerprint density at radius 3 is 3.05 bits per heavy atom. The molecule has 0 aromatic heterocycles. The van der Waals surface area contributed by atoms with Gasteiger partial charge in [-0.25, -0.2) is 0 Å². The minimum absolute atomic E-state index is 0.298. The third-order valence-corrected chi connectivity index (χ3v) is 4.25. The lowest BCUT2D eigenvalue weighted by atomic mass is 10.2. The summed E-state index contributed by atoms with van der Waals surface area (Å²) in [6, 6.07) is 8.29. The Labute approximate surface area is 124 Å². The van der Waals surface area contributed by atoms with Crippen LogP contribution < -0.4 is 5.32 Å². The van der Waals surface area contributed by atoms with Gasteiger partial charge in [-0.3, -0.25) is 0 Å². The first-order valence-corrected chi connectivity index (χ1v) is 8.10. The van der Waals surface area contributed by atoms with Gasteiger partial charge < -0.3 is 10.1 Å². The van der Waals surface area contributed by atoms with E-state index in [4.69, 9.17) is 16.3 Å². The fourth-order valence-electron chi connectivity index (χ4n) is 1.98. The summed E-state index contributed by atoms with van der Waals surface area (Å²) < 4.78 is 5.68. The number of rotatable bonds is 7. The van der Waals surface area contributed by atoms with E-state index in [1.807, 2.05) is 30.0 Å². The normalized spacial score (nSPS) is 16.0. The van der Waals surface area contributed by atoms with Crippen LogP contribution in [0.4, 0.5) is 0 Å². The van der Waals surface area contributed by atoms with E-state index in [9.17, 15) is 0 Å². The van der Waals surface area contributed by atoms with Gasteiger partial charge in [-0.05, 0) is 37.2 Å². The van der Waals surface area contributed by atoms with Crippen LogP contribution in [0.25, 0.3) is 0 Å². The zero-order valence-corrected chi connectivity index (χ0v) is 12.8. The van der Waals surface area contributed by atoms with Crippen LogP contribution in [0.2, 0.25) is 5.02 Å². The highest BCUT2D eigenvalue weighted by Gasteiger charge is 2.18. The molecular weight excluding hydrogens is 278 g/mol. The van der Waals surface area contributed by atoms with Gasteiger partial charge in [0.1, 0.15) is 5.76 Å². The lowest BCUT2D eigenvalue weighted by molar-refractivity contribution is 0.220. The van der Waals surface area contributed by atoms with Crippen LogP contribution >= 0.6 is 23.4 Å². The molecule has 0 saturated heterocycles. The minimum Gasteiger partial charge on any atom is -0.496 e. The molecule has 2 nitrogen and oxygen atoms in total. The van der Waals surface area contributed by atoms with Crippen LogP contribution in [0.3, 0.4) is 0 Å². The number of thioether (sulfide) groups is 1. The second-order valence-corrected chi connectivity index (χ2v) is 6.05. The number of ether oxygens (including phenoxy) is 1. The van der Waals surface area contributed by atoms with E-state index >= 15 is 0 Å². The summed E-state index contributed by atoms with van der Waals surface area (Å²) in [5.41, 5.74) is 0. The Kier molecular flexibility index (Phi) is 6.08. The van der Waals surface area contributed by atoms with Crippen molar-refractivity contribution in [1.29, 1.82) is 0 Å². The maximum Gasteiger partial charge on any atom is 0.110 e. The first-order valence-electron chi connectivity index (χ1n) is 6.74. The van der Waals surface area contributed by atoms with Crippen molar-refractivity contribution in [1.82, 2.24) is 5.32 Å². The molecule has 0 saturated carbocycles. The Morgan fingerprint density at radius 1 is 1.47 bits per heavy atom. The maximum absolute atomic E-state index is 6.01. The minimum atomic E-state index is 0.298. The maximum atomic E-state index is 6.01. The van der Waals surface area contributed by atoms with Crippen molar-refractivity contribution in [2.24, 2.45) is 0 Å². The highest BCUT2D eigenvalue weighted by molar-refractivity contribution is 7.99. The molecule has 1 N–H and O–H groups in total. The van der Waals surface area contributed by atoms with Gasteiger partial charge in [-0.1, -0.05) is 24.6 Å². The number of benzene rings is 1. The highest BCUT2D eigenvalue weighted by atomic mass is 35.5. The smallest absolute Gasteiger partial charge is 0.110 e. The molecule has 0 amide bonds. The van der Waals surface area contributed by atoms with Crippen molar-refractivity contribution >= 4 is 23.4 Å². The van der Waals surface area contributed by atoms with Crippen molar-refractivity contribution in [3.05, 3.63) is 41.1 Å². The van der Waals surface area contributed by atoms with E-state index in [0.29, 0.717) is 6.04 Å². The molecular formula is C15H20ClNOS. The van der Waals surface area contributed by atoms with E-state index in [0.717, 1.165) is 42.5 Å². The van der Waals surface area contributed by atoms with Crippen LogP contribution in [0.15, 0.2) is 41.0 Å². The average Bonchev–Trinajstić information content (AvgIpc) is 2.93. The summed E-state index contributed by atoms with van der Waals surface area (Å²) in [6.45, 7) is 4.01. The summed E-state index contributed by atoms with van der Waals surface area (Å²) in [5.74, 6) is 2.06. The predicted molar refractivity (Wildman–Crippen MR) is 82.9 cm³/mol. The fourth-order valence-corrected chi connectivity index (χ4v) is 3.26. The average molecular weight is 298 g/mol. The lowest BCUT2D eigenvalue weighted by Crippen LogP contribution is -2.34. The molecule has 19 heavy (non-hydrogen) atoms. The second kappa shape index (κ2) is 7.83. The Balaban J connectivity index is 1.92. The molecule has 1 aliphatic rings. The molecule has 1 heterocycles. The summed E-state index contributed by atoms with van der Waals surface area (Å²) in [5, 5.41) is 4.34. The summed E-state index contributed by atoms with van der Waals surface area (Å²) >= 11 is 7.82. The monoisotopic (exact) mass is 297 g/mol. The molecule has 0 fully saturated rings.